The Morgan fingerprint density at radius 3 is 2.85 bits per heavy atom. The molecule has 0 bridgehead atoms. The smallest absolute Gasteiger partial charge is 0.352 e. The molecule has 0 fully saturated rings. The minimum Gasteiger partial charge on any atom is -0.369 e. The number of rotatable bonds is 2. The highest BCUT2D eigenvalue weighted by Gasteiger charge is 2.08. The van der Waals surface area contributed by atoms with Crippen molar-refractivity contribution in [3.05, 3.63) is 42.0 Å². The summed E-state index contributed by atoms with van der Waals surface area (Å²) >= 11 is 0. The van der Waals surface area contributed by atoms with Gasteiger partial charge in [0.2, 0.25) is 0 Å². The lowest BCUT2D eigenvalue weighted by molar-refractivity contribution is 0.0691. The Kier molecular flexibility index (Phi) is 2.88. The van der Waals surface area contributed by atoms with Crippen LogP contribution in [0.15, 0.2) is 30.8 Å². The van der Waals surface area contributed by atoms with E-state index >= 15 is 0 Å². The minimum absolute atomic E-state index is 0.426. The Morgan fingerprint density at radius 2 is 2.23 bits per heavy atom. The van der Waals surface area contributed by atoms with E-state index in [0.29, 0.717) is 11.1 Å². The summed E-state index contributed by atoms with van der Waals surface area (Å²) < 4.78 is 4.41. The lowest BCUT2D eigenvalue weighted by atomic mass is 10.1. The molecule has 1 aromatic carbocycles. The van der Waals surface area contributed by atoms with E-state index < -0.39 is 5.97 Å². The van der Waals surface area contributed by atoms with Gasteiger partial charge in [0, 0.05) is 0 Å². The topological polar surface area (TPSA) is 26.3 Å². The van der Waals surface area contributed by atoms with Crippen LogP contribution in [0.4, 0.5) is 0 Å². The fraction of sp³-hybridized carbons (Fsp3) is 0. The zero-order valence-corrected chi connectivity index (χ0v) is 6.99. The second-order valence-electron chi connectivity index (χ2n) is 2.30. The van der Waals surface area contributed by atoms with Gasteiger partial charge in [0.05, 0.1) is 5.56 Å². The van der Waals surface area contributed by atoms with E-state index in [9.17, 15) is 4.79 Å². The molecule has 0 amide bonds. The van der Waals surface area contributed by atoms with E-state index in [1.54, 1.807) is 24.3 Å². The van der Waals surface area contributed by atoms with E-state index in [0.717, 1.165) is 0 Å². The molecule has 1 aromatic rings. The van der Waals surface area contributed by atoms with Crippen molar-refractivity contribution in [3.63, 3.8) is 0 Å². The summed E-state index contributed by atoms with van der Waals surface area (Å²) in [5.74, 6) is -0.530. The molecule has 0 aliphatic heterocycles. The maximum absolute atomic E-state index is 11.2. The highest BCUT2D eigenvalue weighted by Crippen LogP contribution is 2.10. The third-order valence-electron chi connectivity index (χ3n) is 1.55. The average molecular weight is 172 g/mol. The van der Waals surface area contributed by atoms with Crippen LogP contribution >= 0.6 is 0 Å². The Bertz CT molecular complexity index is 372. The maximum Gasteiger partial charge on any atom is 0.352 e. The molecule has 2 nitrogen and oxygen atoms in total. The molecule has 0 N–H and O–H groups in total. The molecule has 0 aliphatic rings. The Labute approximate surface area is 76.8 Å². The summed E-state index contributed by atoms with van der Waals surface area (Å²) in [5, 5.41) is 0. The summed E-state index contributed by atoms with van der Waals surface area (Å²) in [6.07, 6.45) is 8.25. The molecule has 0 aliphatic carbocycles. The summed E-state index contributed by atoms with van der Waals surface area (Å²) in [5.41, 5.74) is 1.14. The van der Waals surface area contributed by atoms with E-state index in [4.69, 9.17) is 6.42 Å². The Morgan fingerprint density at radius 1 is 1.54 bits per heavy atom. The number of esters is 1. The molecule has 0 atom stereocenters. The highest BCUT2D eigenvalue weighted by atomic mass is 16.5. The molecule has 0 saturated heterocycles. The van der Waals surface area contributed by atoms with Crippen molar-refractivity contribution in [2.75, 3.05) is 0 Å². The van der Waals surface area contributed by atoms with Crippen molar-refractivity contribution < 1.29 is 9.53 Å². The van der Waals surface area contributed by atoms with Crippen LogP contribution in [0.5, 0.6) is 0 Å². The van der Waals surface area contributed by atoms with Gasteiger partial charge in [-0.2, -0.15) is 0 Å². The number of carbonyl (C=O) groups is 1. The van der Waals surface area contributed by atoms with Crippen LogP contribution in [0.1, 0.15) is 15.9 Å². The summed E-state index contributed by atoms with van der Waals surface area (Å²) in [7, 11) is 0. The largest absolute Gasteiger partial charge is 0.369 e. The molecular weight excluding hydrogens is 164 g/mol. The van der Waals surface area contributed by atoms with Gasteiger partial charge in [-0.3, -0.25) is 0 Å². The number of terminal acetylenes is 1. The monoisotopic (exact) mass is 172 g/mol. The van der Waals surface area contributed by atoms with Crippen molar-refractivity contribution in [2.24, 2.45) is 0 Å². The average Bonchev–Trinajstić information content (AvgIpc) is 2.18. The predicted molar refractivity (Wildman–Crippen MR) is 50.8 cm³/mol. The van der Waals surface area contributed by atoms with Crippen LogP contribution in [0.25, 0.3) is 6.08 Å². The number of carbonyl (C=O) groups excluding carboxylic acids is 1. The van der Waals surface area contributed by atoms with Crippen LogP contribution in [-0.4, -0.2) is 5.97 Å². The second kappa shape index (κ2) is 4.13. The first kappa shape index (κ1) is 9.08. The first-order valence-corrected chi connectivity index (χ1v) is 3.68. The minimum atomic E-state index is -0.530. The van der Waals surface area contributed by atoms with Crippen molar-refractivity contribution in [2.45, 2.75) is 0 Å². The number of hydrogen-bond donors (Lipinski definition) is 0. The standard InChI is InChI=1S/C11H8O2/c1-3-9-7-5-6-8-10(9)11(12)13-4-2/h2-3,5-8H,1H2. The van der Waals surface area contributed by atoms with Crippen molar-refractivity contribution in [3.8, 4) is 12.5 Å². The van der Waals surface area contributed by atoms with Gasteiger partial charge in [-0.05, 0) is 11.6 Å². The lowest BCUT2D eigenvalue weighted by Gasteiger charge is -2.00. The zero-order valence-electron chi connectivity index (χ0n) is 6.99. The first-order chi connectivity index (χ1) is 6.29. The van der Waals surface area contributed by atoms with Gasteiger partial charge in [0.1, 0.15) is 6.11 Å². The molecule has 0 unspecified atom stereocenters. The second-order valence-corrected chi connectivity index (χ2v) is 2.30. The number of benzene rings is 1. The van der Waals surface area contributed by atoms with E-state index in [1.807, 2.05) is 12.2 Å². The molecule has 2 heteroatoms. The third-order valence-corrected chi connectivity index (χ3v) is 1.55. The van der Waals surface area contributed by atoms with Gasteiger partial charge in [-0.15, -0.1) is 0 Å². The van der Waals surface area contributed by atoms with Crippen LogP contribution in [-0.2, 0) is 4.74 Å². The third kappa shape index (κ3) is 1.97. The molecule has 0 heterocycles. The van der Waals surface area contributed by atoms with Gasteiger partial charge in [-0.1, -0.05) is 37.3 Å². The van der Waals surface area contributed by atoms with Crippen LogP contribution in [0.2, 0.25) is 0 Å². The number of ether oxygens (including phenoxy) is 1. The van der Waals surface area contributed by atoms with Gasteiger partial charge >= 0.3 is 5.97 Å². The van der Waals surface area contributed by atoms with Gasteiger partial charge < -0.3 is 4.74 Å². The summed E-state index contributed by atoms with van der Waals surface area (Å²) in [6.45, 7) is 3.57. The molecule has 1 rings (SSSR count). The molecular formula is C11H8O2. The normalized spacial score (nSPS) is 8.54. The van der Waals surface area contributed by atoms with Gasteiger partial charge in [-0.25, -0.2) is 4.79 Å². The first-order valence-electron chi connectivity index (χ1n) is 3.68. The fourth-order valence-corrected chi connectivity index (χ4v) is 0.969. The molecule has 13 heavy (non-hydrogen) atoms. The van der Waals surface area contributed by atoms with Crippen molar-refractivity contribution in [1.82, 2.24) is 0 Å². The van der Waals surface area contributed by atoms with Crippen molar-refractivity contribution >= 4 is 12.0 Å². The van der Waals surface area contributed by atoms with Crippen molar-refractivity contribution in [1.29, 1.82) is 0 Å². The highest BCUT2D eigenvalue weighted by molar-refractivity contribution is 5.94. The molecule has 0 spiro atoms. The Hall–Kier alpha value is -2.01. The SMILES string of the molecule is C#COC(=O)c1ccccc1C=C. The van der Waals surface area contributed by atoms with E-state index in [2.05, 4.69) is 11.3 Å². The van der Waals surface area contributed by atoms with E-state index in [-0.39, 0.29) is 0 Å². The quantitative estimate of drug-likeness (QED) is 0.504. The molecule has 64 valence electrons. The van der Waals surface area contributed by atoms with Gasteiger partial charge in [0.15, 0.2) is 0 Å². The van der Waals surface area contributed by atoms with E-state index in [1.165, 1.54) is 0 Å². The molecule has 0 aromatic heterocycles. The van der Waals surface area contributed by atoms with Crippen LogP contribution in [0, 0.1) is 12.5 Å². The Balaban J connectivity index is 3.07. The maximum atomic E-state index is 11.2. The van der Waals surface area contributed by atoms with Crippen LogP contribution < -0.4 is 0 Å². The fourth-order valence-electron chi connectivity index (χ4n) is 0.969. The molecule has 0 saturated carbocycles. The number of hydrogen-bond acceptors (Lipinski definition) is 2. The van der Waals surface area contributed by atoms with Gasteiger partial charge in [0.25, 0.3) is 0 Å². The van der Waals surface area contributed by atoms with Crippen LogP contribution in [0.3, 0.4) is 0 Å². The predicted octanol–water partition coefficient (Wildman–Crippen LogP) is 2.08. The summed E-state index contributed by atoms with van der Waals surface area (Å²) in [6, 6.07) is 6.95. The zero-order chi connectivity index (χ0) is 9.68. The lowest BCUT2D eigenvalue weighted by Crippen LogP contribution is -2.02. The molecule has 0 radical (unpaired) electrons. The summed E-state index contributed by atoms with van der Waals surface area (Å²) in [4.78, 5) is 11.2.